The highest BCUT2D eigenvalue weighted by Gasteiger charge is 2.32. The number of fused-ring (bicyclic) bond motifs is 1. The molecular weight excluding hydrogens is 363 g/mol. The van der Waals surface area contributed by atoms with Crippen molar-refractivity contribution in [3.63, 3.8) is 0 Å². The number of amides is 1. The Bertz CT molecular complexity index is 898. The van der Waals surface area contributed by atoms with Crippen LogP contribution in [0.1, 0.15) is 30.5 Å². The van der Waals surface area contributed by atoms with Gasteiger partial charge in [0.15, 0.2) is 11.5 Å². The van der Waals surface area contributed by atoms with E-state index >= 15 is 0 Å². The molecule has 1 amide bonds. The predicted octanol–water partition coefficient (Wildman–Crippen LogP) is 4.42. The highest BCUT2D eigenvalue weighted by molar-refractivity contribution is 6.42. The van der Waals surface area contributed by atoms with E-state index < -0.39 is 0 Å². The van der Waals surface area contributed by atoms with Gasteiger partial charge in [-0.05, 0) is 35.4 Å². The topological polar surface area (TPSA) is 51.1 Å². The Hall–Kier alpha value is -2.24. The van der Waals surface area contributed by atoms with Crippen LogP contribution in [-0.2, 0) is 4.79 Å². The molecule has 2 aliphatic rings. The summed E-state index contributed by atoms with van der Waals surface area (Å²) >= 11 is 12.1. The number of carbonyl (C=O) groups is 1. The SMILES string of the molecule is CC(=O)N1N=C(c2ccc(Cl)c(Cl)c2)CC1c1ccc2c(c1)OCO2. The van der Waals surface area contributed by atoms with Gasteiger partial charge in [0.2, 0.25) is 12.7 Å². The first-order valence-corrected chi connectivity index (χ1v) is 8.51. The molecule has 0 N–H and O–H groups in total. The third kappa shape index (κ3) is 2.94. The van der Waals surface area contributed by atoms with Crippen LogP contribution in [0.5, 0.6) is 11.5 Å². The quantitative estimate of drug-likeness (QED) is 0.779. The Morgan fingerprint density at radius 1 is 1.12 bits per heavy atom. The zero-order valence-electron chi connectivity index (χ0n) is 13.3. The Balaban J connectivity index is 1.68. The van der Waals surface area contributed by atoms with E-state index in [1.165, 1.54) is 11.9 Å². The highest BCUT2D eigenvalue weighted by Crippen LogP contribution is 2.39. The third-order valence-corrected chi connectivity index (χ3v) is 5.01. The molecule has 0 fully saturated rings. The van der Waals surface area contributed by atoms with E-state index in [0.29, 0.717) is 28.0 Å². The molecular formula is C18H14Cl2N2O3. The van der Waals surface area contributed by atoms with Crippen molar-refractivity contribution in [2.24, 2.45) is 5.10 Å². The molecule has 2 aromatic rings. The molecule has 128 valence electrons. The van der Waals surface area contributed by atoms with Crippen LogP contribution in [0, 0.1) is 0 Å². The molecule has 0 saturated carbocycles. The Morgan fingerprint density at radius 3 is 2.68 bits per heavy atom. The summed E-state index contributed by atoms with van der Waals surface area (Å²) in [6, 6.07) is 10.8. The lowest BCUT2D eigenvalue weighted by atomic mass is 9.98. The molecule has 1 atom stereocenters. The summed E-state index contributed by atoms with van der Waals surface area (Å²) in [7, 11) is 0. The number of ether oxygens (including phenoxy) is 2. The maximum atomic E-state index is 12.1. The summed E-state index contributed by atoms with van der Waals surface area (Å²) in [4.78, 5) is 12.1. The van der Waals surface area contributed by atoms with Crippen LogP contribution in [0.3, 0.4) is 0 Å². The molecule has 0 bridgehead atoms. The van der Waals surface area contributed by atoms with E-state index in [9.17, 15) is 4.79 Å². The zero-order chi connectivity index (χ0) is 17.6. The molecule has 0 saturated heterocycles. The number of nitrogens with zero attached hydrogens (tertiary/aromatic N) is 2. The van der Waals surface area contributed by atoms with Crippen molar-refractivity contribution in [3.8, 4) is 11.5 Å². The number of hydrogen-bond donors (Lipinski definition) is 0. The maximum Gasteiger partial charge on any atom is 0.240 e. The molecule has 0 aliphatic carbocycles. The third-order valence-electron chi connectivity index (χ3n) is 4.27. The van der Waals surface area contributed by atoms with E-state index in [0.717, 1.165) is 16.8 Å². The molecule has 2 heterocycles. The fraction of sp³-hybridized carbons (Fsp3) is 0.222. The van der Waals surface area contributed by atoms with Gasteiger partial charge in [-0.25, -0.2) is 5.01 Å². The van der Waals surface area contributed by atoms with Crippen molar-refractivity contribution >= 4 is 34.8 Å². The summed E-state index contributed by atoms with van der Waals surface area (Å²) in [5, 5.41) is 6.95. The van der Waals surface area contributed by atoms with Gasteiger partial charge in [0, 0.05) is 13.3 Å². The molecule has 5 nitrogen and oxygen atoms in total. The van der Waals surface area contributed by atoms with E-state index in [2.05, 4.69) is 5.10 Å². The van der Waals surface area contributed by atoms with E-state index in [1.807, 2.05) is 24.3 Å². The number of carbonyl (C=O) groups excluding carboxylic acids is 1. The Kier molecular flexibility index (Phi) is 4.06. The van der Waals surface area contributed by atoms with E-state index in [1.54, 1.807) is 12.1 Å². The van der Waals surface area contributed by atoms with Crippen molar-refractivity contribution in [3.05, 3.63) is 57.6 Å². The summed E-state index contributed by atoms with van der Waals surface area (Å²) in [6.45, 7) is 1.71. The van der Waals surface area contributed by atoms with E-state index in [4.69, 9.17) is 32.7 Å². The average molecular weight is 377 g/mol. The molecule has 25 heavy (non-hydrogen) atoms. The Morgan fingerprint density at radius 2 is 1.92 bits per heavy atom. The van der Waals surface area contributed by atoms with Crippen LogP contribution in [-0.4, -0.2) is 23.4 Å². The van der Waals surface area contributed by atoms with Gasteiger partial charge in [-0.1, -0.05) is 35.3 Å². The lowest BCUT2D eigenvalue weighted by molar-refractivity contribution is -0.130. The van der Waals surface area contributed by atoms with Crippen molar-refractivity contribution in [1.29, 1.82) is 0 Å². The maximum absolute atomic E-state index is 12.1. The van der Waals surface area contributed by atoms with Gasteiger partial charge >= 0.3 is 0 Å². The number of rotatable bonds is 2. The van der Waals surface area contributed by atoms with Crippen LogP contribution in [0.25, 0.3) is 0 Å². The van der Waals surface area contributed by atoms with Gasteiger partial charge in [-0.15, -0.1) is 0 Å². The van der Waals surface area contributed by atoms with Gasteiger partial charge in [-0.2, -0.15) is 5.10 Å². The molecule has 7 heteroatoms. The van der Waals surface area contributed by atoms with Gasteiger partial charge in [-0.3, -0.25) is 4.79 Å². The number of hydrazone groups is 1. The largest absolute Gasteiger partial charge is 0.454 e. The fourth-order valence-electron chi connectivity index (χ4n) is 3.03. The van der Waals surface area contributed by atoms with Crippen molar-refractivity contribution in [2.45, 2.75) is 19.4 Å². The lowest BCUT2D eigenvalue weighted by Gasteiger charge is -2.20. The summed E-state index contributed by atoms with van der Waals surface area (Å²) in [5.74, 6) is 1.27. The monoisotopic (exact) mass is 376 g/mol. The standard InChI is InChI=1S/C18H14Cl2N2O3/c1-10(23)22-16(12-3-5-17-18(7-12)25-9-24-17)8-15(21-22)11-2-4-13(19)14(20)6-11/h2-7,16H,8-9H2,1H3. The number of halogens is 2. The molecule has 4 rings (SSSR count). The van der Waals surface area contributed by atoms with Gasteiger partial charge in [0.1, 0.15) is 0 Å². The zero-order valence-corrected chi connectivity index (χ0v) is 14.8. The first-order chi connectivity index (χ1) is 12.0. The second kappa shape index (κ2) is 6.24. The summed E-state index contributed by atoms with van der Waals surface area (Å²) < 4.78 is 10.8. The van der Waals surface area contributed by atoms with Gasteiger partial charge < -0.3 is 9.47 Å². The predicted molar refractivity (Wildman–Crippen MR) is 95.4 cm³/mol. The van der Waals surface area contributed by atoms with Crippen molar-refractivity contribution in [1.82, 2.24) is 5.01 Å². The second-order valence-corrected chi connectivity index (χ2v) is 6.69. The first kappa shape index (κ1) is 16.2. The molecule has 2 aromatic carbocycles. The first-order valence-electron chi connectivity index (χ1n) is 7.75. The van der Waals surface area contributed by atoms with Crippen LogP contribution in [0.4, 0.5) is 0 Å². The highest BCUT2D eigenvalue weighted by atomic mass is 35.5. The number of hydrogen-bond acceptors (Lipinski definition) is 4. The minimum atomic E-state index is -0.198. The molecule has 1 unspecified atom stereocenters. The van der Waals surface area contributed by atoms with Crippen LogP contribution >= 0.6 is 23.2 Å². The van der Waals surface area contributed by atoms with E-state index in [-0.39, 0.29) is 18.7 Å². The smallest absolute Gasteiger partial charge is 0.240 e. The molecule has 0 radical (unpaired) electrons. The average Bonchev–Trinajstić information content (AvgIpc) is 3.23. The van der Waals surface area contributed by atoms with Gasteiger partial charge in [0.25, 0.3) is 0 Å². The Labute approximate surface area is 154 Å². The van der Waals surface area contributed by atoms with Crippen LogP contribution < -0.4 is 9.47 Å². The molecule has 0 spiro atoms. The second-order valence-electron chi connectivity index (χ2n) is 5.87. The number of benzene rings is 2. The normalized spacial score (nSPS) is 18.4. The van der Waals surface area contributed by atoms with Crippen molar-refractivity contribution < 1.29 is 14.3 Å². The fourth-order valence-corrected chi connectivity index (χ4v) is 3.33. The summed E-state index contributed by atoms with van der Waals surface area (Å²) in [5.41, 5.74) is 2.58. The molecule has 2 aliphatic heterocycles. The van der Waals surface area contributed by atoms with Crippen molar-refractivity contribution in [2.75, 3.05) is 6.79 Å². The van der Waals surface area contributed by atoms with Gasteiger partial charge in [0.05, 0.1) is 21.8 Å². The lowest BCUT2D eigenvalue weighted by Crippen LogP contribution is -2.24. The van der Waals surface area contributed by atoms with Crippen LogP contribution in [0.2, 0.25) is 10.0 Å². The summed E-state index contributed by atoms with van der Waals surface area (Å²) in [6.07, 6.45) is 0.581. The minimum Gasteiger partial charge on any atom is -0.454 e. The molecule has 0 aromatic heterocycles. The minimum absolute atomic E-state index is 0.127. The van der Waals surface area contributed by atoms with Crippen LogP contribution in [0.15, 0.2) is 41.5 Å².